The van der Waals surface area contributed by atoms with Gasteiger partial charge in [0.1, 0.15) is 5.82 Å². The van der Waals surface area contributed by atoms with Gasteiger partial charge in [-0.25, -0.2) is 4.39 Å². The van der Waals surface area contributed by atoms with E-state index in [9.17, 15) is 22.7 Å². The summed E-state index contributed by atoms with van der Waals surface area (Å²) >= 11 is 0. The lowest BCUT2D eigenvalue weighted by Gasteiger charge is -2.12. The predicted molar refractivity (Wildman–Crippen MR) is 46.7 cm³/mol. The first-order chi connectivity index (χ1) is 6.86. The van der Waals surface area contributed by atoms with Gasteiger partial charge in [0.05, 0.1) is 11.7 Å². The third-order valence-corrected chi connectivity index (χ3v) is 2.07. The van der Waals surface area contributed by atoms with Gasteiger partial charge in [-0.15, -0.1) is 0 Å². The fourth-order valence-corrected chi connectivity index (χ4v) is 1.20. The molecule has 0 aliphatic rings. The highest BCUT2D eigenvalue weighted by molar-refractivity contribution is 5.28. The second kappa shape index (κ2) is 4.18. The number of benzene rings is 1. The Kier molecular flexibility index (Phi) is 3.34. The van der Waals surface area contributed by atoms with Gasteiger partial charge in [0, 0.05) is 5.56 Å². The standard InChI is InChI=1S/C10H10F4O/c1-2-9(15)7-5-6(10(12,13)14)3-4-8(7)11/h3-5,9,15H,2H2,1H3/t9-/m0/s1. The number of aliphatic hydroxyl groups is 1. The molecule has 0 fully saturated rings. The number of hydrogen-bond acceptors (Lipinski definition) is 1. The van der Waals surface area contributed by atoms with Crippen LogP contribution >= 0.6 is 0 Å². The summed E-state index contributed by atoms with van der Waals surface area (Å²) < 4.78 is 49.9. The molecular formula is C10H10F4O. The number of halogens is 4. The quantitative estimate of drug-likeness (QED) is 0.761. The molecule has 0 radical (unpaired) electrons. The molecule has 0 aliphatic heterocycles. The van der Waals surface area contributed by atoms with Crippen molar-refractivity contribution in [3.05, 3.63) is 35.1 Å². The lowest BCUT2D eigenvalue weighted by atomic mass is 10.0. The zero-order valence-corrected chi connectivity index (χ0v) is 7.98. The lowest BCUT2D eigenvalue weighted by Crippen LogP contribution is -2.08. The molecule has 1 N–H and O–H groups in total. The van der Waals surface area contributed by atoms with Crippen LogP contribution in [0, 0.1) is 5.82 Å². The molecule has 0 saturated carbocycles. The fourth-order valence-electron chi connectivity index (χ4n) is 1.20. The van der Waals surface area contributed by atoms with Crippen LogP contribution in [0.3, 0.4) is 0 Å². The van der Waals surface area contributed by atoms with Crippen LogP contribution in [-0.2, 0) is 6.18 Å². The number of hydrogen-bond donors (Lipinski definition) is 1. The molecule has 0 saturated heterocycles. The molecular weight excluding hydrogens is 212 g/mol. The van der Waals surface area contributed by atoms with Gasteiger partial charge in [-0.3, -0.25) is 0 Å². The van der Waals surface area contributed by atoms with Crippen LogP contribution in [0.2, 0.25) is 0 Å². The summed E-state index contributed by atoms with van der Waals surface area (Å²) in [6.07, 6.45) is -5.55. The first kappa shape index (κ1) is 12.0. The van der Waals surface area contributed by atoms with Crippen LogP contribution in [0.1, 0.15) is 30.6 Å². The van der Waals surface area contributed by atoms with Gasteiger partial charge >= 0.3 is 6.18 Å². The van der Waals surface area contributed by atoms with Gasteiger partial charge in [-0.05, 0) is 24.6 Å². The minimum absolute atomic E-state index is 0.165. The van der Waals surface area contributed by atoms with Crippen molar-refractivity contribution >= 4 is 0 Å². The van der Waals surface area contributed by atoms with E-state index in [1.807, 2.05) is 0 Å². The number of alkyl halides is 3. The largest absolute Gasteiger partial charge is 0.416 e. The molecule has 15 heavy (non-hydrogen) atoms. The average Bonchev–Trinajstić information content (AvgIpc) is 2.15. The zero-order chi connectivity index (χ0) is 11.6. The fraction of sp³-hybridized carbons (Fsp3) is 0.400. The van der Waals surface area contributed by atoms with Gasteiger partial charge in [-0.2, -0.15) is 13.2 Å². The van der Waals surface area contributed by atoms with Crippen LogP contribution in [0.5, 0.6) is 0 Å². The van der Waals surface area contributed by atoms with Crippen molar-refractivity contribution in [1.29, 1.82) is 0 Å². The topological polar surface area (TPSA) is 20.2 Å². The Bertz CT molecular complexity index is 346. The Labute approximate surface area is 84.3 Å². The Morgan fingerprint density at radius 1 is 1.33 bits per heavy atom. The van der Waals surface area contributed by atoms with Crippen molar-refractivity contribution in [3.63, 3.8) is 0 Å². The summed E-state index contributed by atoms with van der Waals surface area (Å²) in [6, 6.07) is 2.02. The van der Waals surface area contributed by atoms with E-state index < -0.39 is 23.7 Å². The third-order valence-electron chi connectivity index (χ3n) is 2.07. The van der Waals surface area contributed by atoms with Gasteiger partial charge in [-0.1, -0.05) is 6.92 Å². The van der Waals surface area contributed by atoms with Crippen molar-refractivity contribution in [2.24, 2.45) is 0 Å². The zero-order valence-electron chi connectivity index (χ0n) is 7.98. The highest BCUT2D eigenvalue weighted by Gasteiger charge is 2.31. The maximum absolute atomic E-state index is 13.1. The molecule has 0 spiro atoms. The van der Waals surface area contributed by atoms with E-state index in [1.165, 1.54) is 0 Å². The van der Waals surface area contributed by atoms with Crippen LogP contribution in [0.4, 0.5) is 17.6 Å². The van der Waals surface area contributed by atoms with Crippen molar-refractivity contribution in [2.45, 2.75) is 25.6 Å². The molecule has 5 heteroatoms. The molecule has 0 amide bonds. The average molecular weight is 222 g/mol. The van der Waals surface area contributed by atoms with Crippen LogP contribution in [0.15, 0.2) is 18.2 Å². The van der Waals surface area contributed by atoms with Gasteiger partial charge in [0.15, 0.2) is 0 Å². The highest BCUT2D eigenvalue weighted by atomic mass is 19.4. The minimum atomic E-state index is -4.52. The third kappa shape index (κ3) is 2.68. The van der Waals surface area contributed by atoms with Crippen LogP contribution < -0.4 is 0 Å². The van der Waals surface area contributed by atoms with Crippen molar-refractivity contribution in [3.8, 4) is 0 Å². The van der Waals surface area contributed by atoms with E-state index in [2.05, 4.69) is 0 Å². The summed E-state index contributed by atoms with van der Waals surface area (Å²) in [5, 5.41) is 9.29. The Balaban J connectivity index is 3.17. The number of rotatable bonds is 2. The van der Waals surface area contributed by atoms with Gasteiger partial charge in [0.25, 0.3) is 0 Å². The molecule has 0 bridgehead atoms. The summed E-state index contributed by atoms with van der Waals surface area (Å²) in [5.74, 6) is -0.822. The molecule has 1 aromatic carbocycles. The minimum Gasteiger partial charge on any atom is -0.388 e. The van der Waals surface area contributed by atoms with E-state index in [0.717, 1.165) is 6.07 Å². The predicted octanol–water partition coefficient (Wildman–Crippen LogP) is 3.29. The summed E-state index contributed by atoms with van der Waals surface area (Å²) in [5.41, 5.74) is -1.27. The maximum atomic E-state index is 13.1. The summed E-state index contributed by atoms with van der Waals surface area (Å²) in [7, 11) is 0. The van der Waals surface area contributed by atoms with Gasteiger partial charge in [0.2, 0.25) is 0 Å². The molecule has 0 heterocycles. The Hall–Kier alpha value is -1.10. The smallest absolute Gasteiger partial charge is 0.388 e. The molecule has 1 aromatic rings. The van der Waals surface area contributed by atoms with Crippen LogP contribution in [0.25, 0.3) is 0 Å². The summed E-state index contributed by atoms with van der Waals surface area (Å²) in [4.78, 5) is 0. The second-order valence-electron chi connectivity index (χ2n) is 3.16. The first-order valence-electron chi connectivity index (χ1n) is 4.41. The molecule has 1 nitrogen and oxygen atoms in total. The first-order valence-corrected chi connectivity index (χ1v) is 4.41. The molecule has 1 rings (SSSR count). The van der Waals surface area contributed by atoms with E-state index in [1.54, 1.807) is 6.92 Å². The number of aliphatic hydroxyl groups excluding tert-OH is 1. The van der Waals surface area contributed by atoms with E-state index in [4.69, 9.17) is 0 Å². The van der Waals surface area contributed by atoms with E-state index in [0.29, 0.717) is 12.1 Å². The normalized spacial score (nSPS) is 14.0. The van der Waals surface area contributed by atoms with E-state index >= 15 is 0 Å². The van der Waals surface area contributed by atoms with Crippen LogP contribution in [-0.4, -0.2) is 5.11 Å². The molecule has 0 aromatic heterocycles. The molecule has 0 unspecified atom stereocenters. The lowest BCUT2D eigenvalue weighted by molar-refractivity contribution is -0.137. The second-order valence-corrected chi connectivity index (χ2v) is 3.16. The Morgan fingerprint density at radius 2 is 1.93 bits per heavy atom. The molecule has 84 valence electrons. The maximum Gasteiger partial charge on any atom is 0.416 e. The summed E-state index contributed by atoms with van der Waals surface area (Å²) in [6.45, 7) is 1.56. The SMILES string of the molecule is CC[C@H](O)c1cc(C(F)(F)F)ccc1F. The molecule has 1 atom stereocenters. The van der Waals surface area contributed by atoms with Crippen molar-refractivity contribution in [1.82, 2.24) is 0 Å². The van der Waals surface area contributed by atoms with Crippen molar-refractivity contribution < 1.29 is 22.7 Å². The van der Waals surface area contributed by atoms with Gasteiger partial charge < -0.3 is 5.11 Å². The monoisotopic (exact) mass is 222 g/mol. The highest BCUT2D eigenvalue weighted by Crippen LogP contribution is 2.32. The molecule has 0 aliphatic carbocycles. The Morgan fingerprint density at radius 3 is 2.40 bits per heavy atom. The van der Waals surface area contributed by atoms with Crippen molar-refractivity contribution in [2.75, 3.05) is 0 Å². The van der Waals surface area contributed by atoms with E-state index in [-0.39, 0.29) is 12.0 Å².